The van der Waals surface area contributed by atoms with Crippen LogP contribution in [-0.4, -0.2) is 52.6 Å². The highest BCUT2D eigenvalue weighted by Gasteiger charge is 2.27. The fourth-order valence-corrected chi connectivity index (χ4v) is 4.56. The maximum atomic E-state index is 5.90. The lowest BCUT2D eigenvalue weighted by molar-refractivity contribution is 0.327. The van der Waals surface area contributed by atoms with E-state index in [1.165, 1.54) is 0 Å². The van der Waals surface area contributed by atoms with Crippen LogP contribution in [-0.2, 0) is 0 Å². The number of hydrogen-bond acceptors (Lipinski definition) is 6. The molecule has 2 heterocycles. The minimum atomic E-state index is 0.512. The number of methoxy groups -OCH3 is 6. The van der Waals surface area contributed by atoms with Gasteiger partial charge in [-0.25, -0.2) is 0 Å². The van der Waals surface area contributed by atoms with Crippen molar-refractivity contribution in [1.82, 2.24) is 9.97 Å². The third-order valence-electron chi connectivity index (χ3n) is 5.92. The van der Waals surface area contributed by atoms with E-state index in [0.717, 1.165) is 49.4 Å². The molecule has 0 spiro atoms. The molecular formula is C24H24N2O6. The highest BCUT2D eigenvalue weighted by atomic mass is 16.5. The summed E-state index contributed by atoms with van der Waals surface area (Å²) in [6, 6.07) is 7.80. The molecule has 0 saturated heterocycles. The van der Waals surface area contributed by atoms with Crippen LogP contribution in [0, 0.1) is 0 Å². The molecule has 2 N–H and O–H groups in total. The fraction of sp³-hybridized carbons (Fsp3) is 0.250. The topological polar surface area (TPSA) is 87.0 Å². The van der Waals surface area contributed by atoms with Crippen molar-refractivity contribution in [1.29, 1.82) is 0 Å². The second kappa shape index (κ2) is 7.33. The largest absolute Gasteiger partial charge is 0.497 e. The Bertz CT molecular complexity index is 1500. The van der Waals surface area contributed by atoms with Crippen LogP contribution in [0.2, 0.25) is 0 Å². The Kier molecular flexibility index (Phi) is 4.58. The van der Waals surface area contributed by atoms with Gasteiger partial charge in [-0.1, -0.05) is 0 Å². The predicted molar refractivity (Wildman–Crippen MR) is 124 cm³/mol. The maximum Gasteiger partial charge on any atom is 0.205 e. The fourth-order valence-electron chi connectivity index (χ4n) is 4.56. The number of aromatic nitrogens is 2. The first-order valence-corrected chi connectivity index (χ1v) is 9.99. The van der Waals surface area contributed by atoms with Crippen molar-refractivity contribution in [3.8, 4) is 34.5 Å². The second-order valence-corrected chi connectivity index (χ2v) is 7.30. The zero-order valence-corrected chi connectivity index (χ0v) is 18.8. The van der Waals surface area contributed by atoms with Crippen molar-refractivity contribution < 1.29 is 28.4 Å². The molecular weight excluding hydrogens is 412 g/mol. The van der Waals surface area contributed by atoms with E-state index < -0.39 is 0 Å². The molecule has 166 valence electrons. The molecule has 8 heteroatoms. The van der Waals surface area contributed by atoms with Gasteiger partial charge in [0.05, 0.1) is 70.0 Å². The summed E-state index contributed by atoms with van der Waals surface area (Å²) in [6.07, 6.45) is 0. The Hall–Kier alpha value is -3.94. The molecule has 0 radical (unpaired) electrons. The molecule has 0 fully saturated rings. The minimum Gasteiger partial charge on any atom is -0.497 e. The van der Waals surface area contributed by atoms with Crippen LogP contribution in [0.3, 0.4) is 0 Å². The lowest BCUT2D eigenvalue weighted by Gasteiger charge is -2.14. The molecule has 0 aliphatic carbocycles. The zero-order valence-electron chi connectivity index (χ0n) is 18.8. The molecule has 5 aromatic rings. The average Bonchev–Trinajstić information content (AvgIpc) is 3.39. The predicted octanol–water partition coefficient (Wildman–Crippen LogP) is 5.01. The van der Waals surface area contributed by atoms with Crippen LogP contribution in [0.15, 0.2) is 24.3 Å². The number of benzene rings is 3. The molecule has 0 amide bonds. The molecule has 0 atom stereocenters. The molecule has 0 unspecified atom stereocenters. The van der Waals surface area contributed by atoms with Gasteiger partial charge >= 0.3 is 0 Å². The van der Waals surface area contributed by atoms with Crippen molar-refractivity contribution in [2.24, 2.45) is 0 Å². The van der Waals surface area contributed by atoms with Crippen molar-refractivity contribution in [2.45, 2.75) is 0 Å². The summed E-state index contributed by atoms with van der Waals surface area (Å²) in [5.74, 6) is 3.61. The van der Waals surface area contributed by atoms with Gasteiger partial charge < -0.3 is 38.4 Å². The number of aromatic amines is 2. The van der Waals surface area contributed by atoms with Crippen molar-refractivity contribution in [3.63, 3.8) is 0 Å². The molecule has 0 saturated carbocycles. The van der Waals surface area contributed by atoms with Crippen LogP contribution in [0.1, 0.15) is 0 Å². The van der Waals surface area contributed by atoms with Crippen molar-refractivity contribution in [2.75, 3.05) is 42.7 Å². The van der Waals surface area contributed by atoms with Gasteiger partial charge in [0.1, 0.15) is 5.75 Å². The second-order valence-electron chi connectivity index (χ2n) is 7.30. The van der Waals surface area contributed by atoms with E-state index in [9.17, 15) is 0 Å². The smallest absolute Gasteiger partial charge is 0.205 e. The Morgan fingerprint density at radius 3 is 1.75 bits per heavy atom. The number of nitrogens with one attached hydrogen (secondary N) is 2. The SMILES string of the molecule is COc1ccc2[nH]c3c4[nH]c5c(OC)c(OC)c(OC)cc5c4c(OC)c(OC)c3c2c1. The van der Waals surface area contributed by atoms with E-state index in [0.29, 0.717) is 28.7 Å². The van der Waals surface area contributed by atoms with Gasteiger partial charge in [-0.05, 0) is 24.3 Å². The Balaban J connectivity index is 2.06. The minimum absolute atomic E-state index is 0.512. The van der Waals surface area contributed by atoms with Crippen molar-refractivity contribution in [3.05, 3.63) is 24.3 Å². The normalized spacial score (nSPS) is 11.4. The maximum absolute atomic E-state index is 5.90. The summed E-state index contributed by atoms with van der Waals surface area (Å²) in [4.78, 5) is 7.05. The van der Waals surface area contributed by atoms with Crippen molar-refractivity contribution >= 4 is 43.6 Å². The molecule has 8 nitrogen and oxygen atoms in total. The third-order valence-corrected chi connectivity index (χ3v) is 5.92. The number of rotatable bonds is 6. The lowest BCUT2D eigenvalue weighted by atomic mass is 10.0. The van der Waals surface area contributed by atoms with E-state index >= 15 is 0 Å². The standard InChI is InChI=1S/C24H24N2O6/c1-27-11-7-8-14-12(9-11)16-19(25-14)20-17(23(31-5)22(16)30-4)13-10-15(28-2)21(29-3)24(32-6)18(13)26-20/h7-10,25-26H,1-6H3. The number of ether oxygens (including phenoxy) is 6. The van der Waals surface area contributed by atoms with Crippen LogP contribution >= 0.6 is 0 Å². The van der Waals surface area contributed by atoms with Gasteiger partial charge in [-0.2, -0.15) is 0 Å². The molecule has 5 rings (SSSR count). The number of hydrogen-bond donors (Lipinski definition) is 2. The third kappa shape index (κ3) is 2.49. The van der Waals surface area contributed by atoms with Gasteiger partial charge in [-0.15, -0.1) is 0 Å². The summed E-state index contributed by atoms with van der Waals surface area (Å²) < 4.78 is 34.1. The summed E-state index contributed by atoms with van der Waals surface area (Å²) in [5.41, 5.74) is 3.46. The highest BCUT2D eigenvalue weighted by Crippen LogP contribution is 2.52. The van der Waals surface area contributed by atoms with Gasteiger partial charge in [0, 0.05) is 16.3 Å². The molecule has 2 aromatic heterocycles. The molecule has 32 heavy (non-hydrogen) atoms. The Morgan fingerprint density at radius 2 is 1.16 bits per heavy atom. The summed E-state index contributed by atoms with van der Waals surface area (Å²) in [7, 11) is 9.71. The van der Waals surface area contributed by atoms with Crippen LogP contribution in [0.25, 0.3) is 43.6 Å². The van der Waals surface area contributed by atoms with Crippen LogP contribution in [0.5, 0.6) is 34.5 Å². The molecule has 0 bridgehead atoms. The monoisotopic (exact) mass is 436 g/mol. The summed E-state index contributed by atoms with van der Waals surface area (Å²) in [6.45, 7) is 0. The summed E-state index contributed by atoms with van der Waals surface area (Å²) in [5, 5.41) is 3.58. The van der Waals surface area contributed by atoms with E-state index in [2.05, 4.69) is 9.97 Å². The first-order chi connectivity index (χ1) is 15.6. The number of fused-ring (bicyclic) bond motifs is 7. The highest BCUT2D eigenvalue weighted by molar-refractivity contribution is 6.27. The molecule has 3 aromatic carbocycles. The average molecular weight is 436 g/mol. The first-order valence-electron chi connectivity index (χ1n) is 9.99. The Morgan fingerprint density at radius 1 is 0.531 bits per heavy atom. The van der Waals surface area contributed by atoms with Gasteiger partial charge in [0.25, 0.3) is 0 Å². The summed E-state index contributed by atoms with van der Waals surface area (Å²) >= 11 is 0. The molecule has 0 aliphatic rings. The quantitative estimate of drug-likeness (QED) is 0.389. The van der Waals surface area contributed by atoms with Crippen LogP contribution in [0.4, 0.5) is 0 Å². The van der Waals surface area contributed by atoms with Gasteiger partial charge in [0.15, 0.2) is 23.0 Å². The number of H-pyrrole nitrogens is 2. The Labute approximate surface area is 183 Å². The lowest BCUT2D eigenvalue weighted by Crippen LogP contribution is -1.95. The van der Waals surface area contributed by atoms with E-state index in [4.69, 9.17) is 28.4 Å². The van der Waals surface area contributed by atoms with E-state index in [1.807, 2.05) is 24.3 Å². The zero-order chi connectivity index (χ0) is 22.6. The van der Waals surface area contributed by atoms with Crippen LogP contribution < -0.4 is 28.4 Å². The first kappa shape index (κ1) is 20.0. The van der Waals surface area contributed by atoms with Gasteiger partial charge in [-0.3, -0.25) is 0 Å². The van der Waals surface area contributed by atoms with E-state index in [-0.39, 0.29) is 0 Å². The van der Waals surface area contributed by atoms with E-state index in [1.54, 1.807) is 42.7 Å². The molecule has 0 aliphatic heterocycles. The van der Waals surface area contributed by atoms with Gasteiger partial charge in [0.2, 0.25) is 5.75 Å².